The molecule has 14 heavy (non-hydrogen) atoms. The van der Waals surface area contributed by atoms with Crippen molar-refractivity contribution in [2.24, 2.45) is 17.1 Å². The van der Waals surface area contributed by atoms with Crippen molar-refractivity contribution in [3.05, 3.63) is 0 Å². The van der Waals surface area contributed by atoms with E-state index in [-0.39, 0.29) is 5.41 Å². The Bertz CT molecular complexity index is 218. The van der Waals surface area contributed by atoms with Crippen LogP contribution in [0.15, 0.2) is 0 Å². The van der Waals surface area contributed by atoms with Crippen LogP contribution in [0, 0.1) is 11.3 Å². The Morgan fingerprint density at radius 1 is 1.36 bits per heavy atom. The molecule has 3 heteroatoms. The Morgan fingerprint density at radius 2 is 1.86 bits per heavy atom. The van der Waals surface area contributed by atoms with Crippen LogP contribution in [0.1, 0.15) is 44.9 Å². The molecule has 80 valence electrons. The van der Waals surface area contributed by atoms with Gasteiger partial charge in [0, 0.05) is 0 Å². The second-order valence-electron chi connectivity index (χ2n) is 5.13. The van der Waals surface area contributed by atoms with Crippen LogP contribution in [0.2, 0.25) is 0 Å². The summed E-state index contributed by atoms with van der Waals surface area (Å²) >= 11 is 0. The average molecular weight is 197 g/mol. The zero-order chi connectivity index (χ0) is 10.2. The van der Waals surface area contributed by atoms with Gasteiger partial charge in [0.1, 0.15) is 6.04 Å². The molecule has 3 aliphatic rings. The summed E-state index contributed by atoms with van der Waals surface area (Å²) < 4.78 is 0. The van der Waals surface area contributed by atoms with Crippen molar-refractivity contribution in [3.63, 3.8) is 0 Å². The summed E-state index contributed by atoms with van der Waals surface area (Å²) in [5, 5.41) is 8.81. The van der Waals surface area contributed by atoms with Crippen LogP contribution in [-0.2, 0) is 4.79 Å². The molecule has 0 aromatic carbocycles. The van der Waals surface area contributed by atoms with E-state index in [1.165, 1.54) is 38.5 Å². The van der Waals surface area contributed by atoms with Crippen molar-refractivity contribution in [2.45, 2.75) is 51.0 Å². The fourth-order valence-electron chi connectivity index (χ4n) is 3.20. The summed E-state index contributed by atoms with van der Waals surface area (Å²) in [6, 6.07) is -0.648. The molecule has 0 aromatic rings. The number of rotatable bonds is 3. The molecular weight excluding hydrogens is 178 g/mol. The van der Waals surface area contributed by atoms with Gasteiger partial charge >= 0.3 is 5.97 Å². The zero-order valence-electron chi connectivity index (χ0n) is 8.54. The van der Waals surface area contributed by atoms with Gasteiger partial charge in [0.15, 0.2) is 0 Å². The van der Waals surface area contributed by atoms with Gasteiger partial charge in [-0.3, -0.25) is 4.79 Å². The fraction of sp³-hybridized carbons (Fsp3) is 0.909. The predicted molar refractivity (Wildman–Crippen MR) is 53.9 cm³/mol. The van der Waals surface area contributed by atoms with Crippen LogP contribution in [0.3, 0.4) is 0 Å². The maximum atomic E-state index is 10.7. The molecule has 3 saturated carbocycles. The number of carboxylic acids is 1. The lowest BCUT2D eigenvalue weighted by atomic mass is 9.58. The minimum atomic E-state index is -0.841. The smallest absolute Gasteiger partial charge is 0.320 e. The number of nitrogens with two attached hydrogens (primary N) is 1. The Balaban J connectivity index is 1.98. The van der Waals surface area contributed by atoms with E-state index in [0.717, 1.165) is 5.92 Å². The molecule has 1 atom stereocenters. The first-order chi connectivity index (χ1) is 6.61. The molecule has 1 unspecified atom stereocenters. The van der Waals surface area contributed by atoms with Crippen LogP contribution in [-0.4, -0.2) is 17.1 Å². The molecule has 0 spiro atoms. The molecule has 0 radical (unpaired) electrons. The maximum Gasteiger partial charge on any atom is 0.320 e. The Kier molecular flexibility index (Phi) is 2.52. The molecule has 0 aromatic heterocycles. The van der Waals surface area contributed by atoms with E-state index in [4.69, 9.17) is 10.8 Å². The maximum absolute atomic E-state index is 10.7. The van der Waals surface area contributed by atoms with Gasteiger partial charge in [0.25, 0.3) is 0 Å². The first-order valence-electron chi connectivity index (χ1n) is 5.60. The van der Waals surface area contributed by atoms with E-state index >= 15 is 0 Å². The number of aliphatic carboxylic acids is 1. The normalized spacial score (nSPS) is 38.2. The molecule has 0 amide bonds. The van der Waals surface area contributed by atoms with Crippen molar-refractivity contribution in [2.75, 3.05) is 0 Å². The SMILES string of the molecule is NC(CC12CCC(CC1)CC2)C(=O)O. The van der Waals surface area contributed by atoms with Gasteiger partial charge in [0.2, 0.25) is 0 Å². The molecule has 3 rings (SSSR count). The Morgan fingerprint density at radius 3 is 2.29 bits per heavy atom. The molecule has 2 bridgehead atoms. The van der Waals surface area contributed by atoms with Crippen LogP contribution < -0.4 is 5.73 Å². The van der Waals surface area contributed by atoms with Crippen LogP contribution >= 0.6 is 0 Å². The second-order valence-corrected chi connectivity index (χ2v) is 5.13. The van der Waals surface area contributed by atoms with Crippen LogP contribution in [0.25, 0.3) is 0 Å². The molecule has 3 aliphatic carbocycles. The quantitative estimate of drug-likeness (QED) is 0.724. The van der Waals surface area contributed by atoms with E-state index in [9.17, 15) is 4.79 Å². The highest BCUT2D eigenvalue weighted by Gasteiger charge is 2.41. The van der Waals surface area contributed by atoms with Gasteiger partial charge in [-0.1, -0.05) is 0 Å². The summed E-state index contributed by atoms with van der Waals surface area (Å²) in [5.74, 6) is 0.0880. The highest BCUT2D eigenvalue weighted by atomic mass is 16.4. The van der Waals surface area contributed by atoms with E-state index in [1.807, 2.05) is 0 Å². The van der Waals surface area contributed by atoms with Crippen molar-refractivity contribution in [1.82, 2.24) is 0 Å². The number of fused-ring (bicyclic) bond motifs is 3. The predicted octanol–water partition coefficient (Wildman–Crippen LogP) is 1.76. The lowest BCUT2D eigenvalue weighted by molar-refractivity contribution is -0.140. The minimum Gasteiger partial charge on any atom is -0.480 e. The summed E-state index contributed by atoms with van der Waals surface area (Å²) in [6.07, 6.45) is 8.20. The van der Waals surface area contributed by atoms with Crippen LogP contribution in [0.4, 0.5) is 0 Å². The summed E-state index contributed by atoms with van der Waals surface area (Å²) in [4.78, 5) is 10.7. The molecule has 0 saturated heterocycles. The topological polar surface area (TPSA) is 63.3 Å². The van der Waals surface area contributed by atoms with Gasteiger partial charge in [0.05, 0.1) is 0 Å². The zero-order valence-corrected chi connectivity index (χ0v) is 8.54. The third-order valence-electron chi connectivity index (χ3n) is 4.22. The van der Waals surface area contributed by atoms with Gasteiger partial charge < -0.3 is 10.8 Å². The molecular formula is C11H19NO2. The van der Waals surface area contributed by atoms with E-state index in [0.29, 0.717) is 6.42 Å². The van der Waals surface area contributed by atoms with Crippen molar-refractivity contribution >= 4 is 5.97 Å². The minimum absolute atomic E-state index is 0.284. The van der Waals surface area contributed by atoms with Crippen LogP contribution in [0.5, 0.6) is 0 Å². The third-order valence-corrected chi connectivity index (χ3v) is 4.22. The lowest BCUT2D eigenvalue weighted by Gasteiger charge is -2.47. The molecule has 3 N–H and O–H groups in total. The molecule has 3 fully saturated rings. The third kappa shape index (κ3) is 1.78. The largest absolute Gasteiger partial charge is 0.480 e. The lowest BCUT2D eigenvalue weighted by Crippen LogP contribution is -2.42. The van der Waals surface area contributed by atoms with Crippen molar-refractivity contribution < 1.29 is 9.90 Å². The van der Waals surface area contributed by atoms with E-state index in [2.05, 4.69) is 0 Å². The van der Waals surface area contributed by atoms with E-state index in [1.54, 1.807) is 0 Å². The van der Waals surface area contributed by atoms with Gasteiger partial charge in [-0.05, 0) is 56.3 Å². The summed E-state index contributed by atoms with van der Waals surface area (Å²) in [5.41, 5.74) is 5.91. The number of hydrogen-bond donors (Lipinski definition) is 2. The summed E-state index contributed by atoms with van der Waals surface area (Å²) in [7, 11) is 0. The standard InChI is InChI=1S/C11H19NO2/c12-9(10(13)14)7-11-4-1-8(2-5-11)3-6-11/h8-9H,1-7,12H2,(H,13,14). The first kappa shape index (κ1) is 9.97. The highest BCUT2D eigenvalue weighted by molar-refractivity contribution is 5.73. The fourth-order valence-corrected chi connectivity index (χ4v) is 3.20. The van der Waals surface area contributed by atoms with Gasteiger partial charge in [-0.15, -0.1) is 0 Å². The molecule has 3 nitrogen and oxygen atoms in total. The van der Waals surface area contributed by atoms with Gasteiger partial charge in [-0.25, -0.2) is 0 Å². The molecule has 0 heterocycles. The second kappa shape index (κ2) is 3.54. The average Bonchev–Trinajstić information content (AvgIpc) is 2.19. The number of carboxylic acid groups (broad SMARTS) is 1. The summed E-state index contributed by atoms with van der Waals surface area (Å²) in [6.45, 7) is 0. The monoisotopic (exact) mass is 197 g/mol. The number of hydrogen-bond acceptors (Lipinski definition) is 2. The van der Waals surface area contributed by atoms with Gasteiger partial charge in [-0.2, -0.15) is 0 Å². The van der Waals surface area contributed by atoms with Crippen molar-refractivity contribution in [3.8, 4) is 0 Å². The number of carbonyl (C=O) groups is 1. The Hall–Kier alpha value is -0.570. The van der Waals surface area contributed by atoms with Crippen molar-refractivity contribution in [1.29, 1.82) is 0 Å². The first-order valence-corrected chi connectivity index (χ1v) is 5.60. The molecule has 0 aliphatic heterocycles. The highest BCUT2D eigenvalue weighted by Crippen LogP contribution is 2.52. The van der Waals surface area contributed by atoms with E-state index < -0.39 is 12.0 Å². The Labute approximate surface area is 84.7 Å².